The van der Waals surface area contributed by atoms with Gasteiger partial charge in [0.05, 0.1) is 12.2 Å². The zero-order valence-corrected chi connectivity index (χ0v) is 8.62. The first-order valence-electron chi connectivity index (χ1n) is 4.09. The first-order chi connectivity index (χ1) is 6.29. The van der Waals surface area contributed by atoms with E-state index >= 15 is 0 Å². The SMILES string of the molecule is O=CCN1Cc2cc(Br)cnc2C1. The van der Waals surface area contributed by atoms with Crippen molar-refractivity contribution in [1.29, 1.82) is 0 Å². The Morgan fingerprint density at radius 1 is 1.62 bits per heavy atom. The highest BCUT2D eigenvalue weighted by atomic mass is 79.9. The van der Waals surface area contributed by atoms with Crippen LogP contribution in [0.15, 0.2) is 16.7 Å². The lowest BCUT2D eigenvalue weighted by Gasteiger charge is -2.07. The van der Waals surface area contributed by atoms with Gasteiger partial charge in [-0.25, -0.2) is 0 Å². The second kappa shape index (κ2) is 3.55. The molecule has 13 heavy (non-hydrogen) atoms. The molecule has 0 N–H and O–H groups in total. The van der Waals surface area contributed by atoms with Crippen molar-refractivity contribution in [1.82, 2.24) is 9.88 Å². The summed E-state index contributed by atoms with van der Waals surface area (Å²) in [5, 5.41) is 0. The highest BCUT2D eigenvalue weighted by Gasteiger charge is 2.19. The van der Waals surface area contributed by atoms with Crippen molar-refractivity contribution in [2.75, 3.05) is 6.54 Å². The summed E-state index contributed by atoms with van der Waals surface area (Å²) < 4.78 is 0.999. The molecule has 0 amide bonds. The molecule has 1 aliphatic rings. The number of aromatic nitrogens is 1. The summed E-state index contributed by atoms with van der Waals surface area (Å²) >= 11 is 3.37. The maximum Gasteiger partial charge on any atom is 0.134 e. The van der Waals surface area contributed by atoms with Crippen LogP contribution in [0.3, 0.4) is 0 Å². The molecule has 0 radical (unpaired) electrons. The molecule has 0 spiro atoms. The summed E-state index contributed by atoms with van der Waals surface area (Å²) in [7, 11) is 0. The van der Waals surface area contributed by atoms with Gasteiger partial charge in [0.15, 0.2) is 0 Å². The Hall–Kier alpha value is -0.740. The third-order valence-corrected chi connectivity index (χ3v) is 2.56. The third kappa shape index (κ3) is 1.78. The van der Waals surface area contributed by atoms with Crippen molar-refractivity contribution in [3.8, 4) is 0 Å². The molecular weight excluding hydrogens is 232 g/mol. The lowest BCUT2D eigenvalue weighted by Crippen LogP contribution is -2.18. The Morgan fingerprint density at radius 2 is 2.46 bits per heavy atom. The van der Waals surface area contributed by atoms with Crippen LogP contribution in [-0.2, 0) is 17.9 Å². The third-order valence-electron chi connectivity index (χ3n) is 2.13. The fourth-order valence-corrected chi connectivity index (χ4v) is 1.91. The molecule has 1 aliphatic heterocycles. The number of pyridine rings is 1. The number of nitrogens with zero attached hydrogens (tertiary/aromatic N) is 2. The van der Waals surface area contributed by atoms with Crippen molar-refractivity contribution >= 4 is 22.2 Å². The van der Waals surface area contributed by atoms with Crippen molar-refractivity contribution in [2.45, 2.75) is 13.1 Å². The molecule has 0 aliphatic carbocycles. The number of hydrogen-bond donors (Lipinski definition) is 0. The van der Waals surface area contributed by atoms with E-state index in [9.17, 15) is 4.79 Å². The van der Waals surface area contributed by atoms with Crippen molar-refractivity contribution < 1.29 is 4.79 Å². The summed E-state index contributed by atoms with van der Waals surface area (Å²) in [5.74, 6) is 0. The molecule has 1 aromatic heterocycles. The number of carbonyl (C=O) groups is 1. The molecule has 0 saturated carbocycles. The molecule has 4 heteroatoms. The first-order valence-corrected chi connectivity index (χ1v) is 4.88. The van der Waals surface area contributed by atoms with Crippen LogP contribution in [0.2, 0.25) is 0 Å². The van der Waals surface area contributed by atoms with Gasteiger partial charge < -0.3 is 4.79 Å². The Balaban J connectivity index is 2.20. The molecule has 3 nitrogen and oxygen atoms in total. The Morgan fingerprint density at radius 3 is 3.23 bits per heavy atom. The molecule has 0 atom stereocenters. The minimum Gasteiger partial charge on any atom is -0.302 e. The van der Waals surface area contributed by atoms with Crippen molar-refractivity contribution in [3.05, 3.63) is 28.0 Å². The van der Waals surface area contributed by atoms with Gasteiger partial charge in [0.2, 0.25) is 0 Å². The summed E-state index contributed by atoms with van der Waals surface area (Å²) in [4.78, 5) is 16.7. The van der Waals surface area contributed by atoms with E-state index in [1.807, 2.05) is 0 Å². The van der Waals surface area contributed by atoms with Gasteiger partial charge in [-0.3, -0.25) is 9.88 Å². The van der Waals surface area contributed by atoms with Gasteiger partial charge in [-0.2, -0.15) is 0 Å². The second-order valence-corrected chi connectivity index (χ2v) is 4.01. The average Bonchev–Trinajstić information content (AvgIpc) is 2.46. The Bertz CT molecular complexity index is 340. The zero-order chi connectivity index (χ0) is 9.26. The molecule has 0 bridgehead atoms. The average molecular weight is 241 g/mol. The molecule has 2 heterocycles. The predicted molar refractivity (Wildman–Crippen MR) is 52.1 cm³/mol. The summed E-state index contributed by atoms with van der Waals surface area (Å²) in [6.07, 6.45) is 2.73. The monoisotopic (exact) mass is 240 g/mol. The van der Waals surface area contributed by atoms with Gasteiger partial charge in [-0.1, -0.05) is 0 Å². The van der Waals surface area contributed by atoms with Crippen LogP contribution in [0.1, 0.15) is 11.3 Å². The maximum absolute atomic E-state index is 10.3. The van der Waals surface area contributed by atoms with E-state index in [1.165, 1.54) is 5.56 Å². The summed E-state index contributed by atoms with van der Waals surface area (Å²) in [6.45, 7) is 2.12. The van der Waals surface area contributed by atoms with E-state index in [-0.39, 0.29) is 0 Å². The fraction of sp³-hybridized carbons (Fsp3) is 0.333. The number of hydrogen-bond acceptors (Lipinski definition) is 3. The standard InChI is InChI=1S/C9H9BrN2O/c10-8-3-7-5-12(1-2-13)6-9(7)11-4-8/h2-4H,1,5-6H2. The number of fused-ring (bicyclic) bond motifs is 1. The zero-order valence-electron chi connectivity index (χ0n) is 7.03. The maximum atomic E-state index is 10.3. The van der Waals surface area contributed by atoms with E-state index in [0.717, 1.165) is 29.5 Å². The Kier molecular flexibility index (Phi) is 2.42. The van der Waals surface area contributed by atoms with E-state index in [2.05, 4.69) is 31.9 Å². The number of rotatable bonds is 2. The van der Waals surface area contributed by atoms with Gasteiger partial charge in [0, 0.05) is 23.8 Å². The van der Waals surface area contributed by atoms with Gasteiger partial charge in [0.1, 0.15) is 6.29 Å². The van der Waals surface area contributed by atoms with E-state index in [4.69, 9.17) is 0 Å². The largest absolute Gasteiger partial charge is 0.302 e. The van der Waals surface area contributed by atoms with Crippen LogP contribution < -0.4 is 0 Å². The molecular formula is C9H9BrN2O. The first kappa shape index (κ1) is 8.84. The van der Waals surface area contributed by atoms with Gasteiger partial charge in [-0.15, -0.1) is 0 Å². The normalized spacial score (nSPS) is 15.8. The van der Waals surface area contributed by atoms with Crippen LogP contribution in [-0.4, -0.2) is 22.7 Å². The van der Waals surface area contributed by atoms with E-state index in [1.54, 1.807) is 6.20 Å². The molecule has 0 fully saturated rings. The minimum absolute atomic E-state index is 0.494. The van der Waals surface area contributed by atoms with Crippen LogP contribution in [0, 0.1) is 0 Å². The van der Waals surface area contributed by atoms with Gasteiger partial charge in [-0.05, 0) is 27.6 Å². The number of halogens is 1. The number of aldehydes is 1. The van der Waals surface area contributed by atoms with E-state index < -0.39 is 0 Å². The molecule has 0 unspecified atom stereocenters. The lowest BCUT2D eigenvalue weighted by atomic mass is 10.2. The molecule has 1 aromatic rings. The van der Waals surface area contributed by atoms with Gasteiger partial charge >= 0.3 is 0 Å². The molecule has 0 saturated heterocycles. The lowest BCUT2D eigenvalue weighted by molar-refractivity contribution is -0.108. The highest BCUT2D eigenvalue weighted by molar-refractivity contribution is 9.10. The minimum atomic E-state index is 0.494. The molecule has 0 aromatic carbocycles. The summed E-state index contributed by atoms with van der Waals surface area (Å²) in [5.41, 5.74) is 2.31. The second-order valence-electron chi connectivity index (χ2n) is 3.10. The van der Waals surface area contributed by atoms with Crippen LogP contribution in [0.25, 0.3) is 0 Å². The molecule has 68 valence electrons. The van der Waals surface area contributed by atoms with Crippen molar-refractivity contribution in [2.24, 2.45) is 0 Å². The van der Waals surface area contributed by atoms with Crippen LogP contribution in [0.5, 0.6) is 0 Å². The number of carbonyl (C=O) groups excluding carboxylic acids is 1. The van der Waals surface area contributed by atoms with Crippen LogP contribution >= 0.6 is 15.9 Å². The smallest absolute Gasteiger partial charge is 0.134 e. The Labute approximate surface area is 84.9 Å². The quantitative estimate of drug-likeness (QED) is 0.733. The van der Waals surface area contributed by atoms with Crippen LogP contribution in [0.4, 0.5) is 0 Å². The molecule has 2 rings (SSSR count). The predicted octanol–water partition coefficient (Wildman–Crippen LogP) is 1.36. The van der Waals surface area contributed by atoms with Crippen molar-refractivity contribution in [3.63, 3.8) is 0 Å². The summed E-state index contributed by atoms with van der Waals surface area (Å²) in [6, 6.07) is 2.06. The van der Waals surface area contributed by atoms with E-state index in [0.29, 0.717) is 6.54 Å². The fourth-order valence-electron chi connectivity index (χ4n) is 1.53. The van der Waals surface area contributed by atoms with Gasteiger partial charge in [0.25, 0.3) is 0 Å². The topological polar surface area (TPSA) is 33.2 Å². The highest BCUT2D eigenvalue weighted by Crippen LogP contribution is 2.22.